The second kappa shape index (κ2) is 8.09. The summed E-state index contributed by atoms with van der Waals surface area (Å²) in [5.41, 5.74) is 0.759. The number of amides is 1. The number of benzene rings is 1. The van der Waals surface area contributed by atoms with Gasteiger partial charge >= 0.3 is 5.97 Å². The molecule has 0 aliphatic rings. The molecule has 2 aromatic heterocycles. The van der Waals surface area contributed by atoms with Crippen molar-refractivity contribution in [3.63, 3.8) is 0 Å². The molecule has 0 fully saturated rings. The molecule has 8 heteroatoms. The first-order valence-electron chi connectivity index (χ1n) is 7.62. The van der Waals surface area contributed by atoms with Crippen LogP contribution in [0.2, 0.25) is 0 Å². The van der Waals surface area contributed by atoms with Crippen molar-refractivity contribution >= 4 is 23.2 Å². The molecule has 1 aromatic carbocycles. The Morgan fingerprint density at radius 2 is 2.04 bits per heavy atom. The van der Waals surface area contributed by atoms with Crippen molar-refractivity contribution < 1.29 is 14.3 Å². The lowest BCUT2D eigenvalue weighted by Crippen LogP contribution is -2.29. The number of hydrogen-bond donors (Lipinski definition) is 1. The molecule has 130 valence electrons. The van der Waals surface area contributed by atoms with E-state index in [0.717, 1.165) is 10.6 Å². The Morgan fingerprint density at radius 1 is 1.23 bits per heavy atom. The summed E-state index contributed by atoms with van der Waals surface area (Å²) in [7, 11) is 0. The van der Waals surface area contributed by atoms with E-state index in [-0.39, 0.29) is 12.4 Å². The molecule has 0 radical (unpaired) electrons. The van der Waals surface area contributed by atoms with Crippen LogP contribution in [0.25, 0.3) is 16.4 Å². The van der Waals surface area contributed by atoms with Crippen molar-refractivity contribution in [1.29, 1.82) is 0 Å². The molecule has 0 saturated heterocycles. The molecule has 0 bridgehead atoms. The summed E-state index contributed by atoms with van der Waals surface area (Å²) >= 11 is 1.48. The van der Waals surface area contributed by atoms with Crippen molar-refractivity contribution in [1.82, 2.24) is 20.1 Å². The average molecular weight is 366 g/mol. The number of thiophene rings is 1. The van der Waals surface area contributed by atoms with Crippen LogP contribution in [0.15, 0.2) is 47.8 Å². The smallest absolute Gasteiger partial charge is 0.378 e. The number of terminal acetylenes is 1. The predicted molar refractivity (Wildman–Crippen MR) is 96.8 cm³/mol. The Labute approximate surface area is 153 Å². The summed E-state index contributed by atoms with van der Waals surface area (Å²) in [5, 5.41) is 8.57. The lowest BCUT2D eigenvalue weighted by atomic mass is 10.3. The first kappa shape index (κ1) is 17.4. The number of para-hydroxylation sites is 1. The fourth-order valence-corrected chi connectivity index (χ4v) is 2.81. The van der Waals surface area contributed by atoms with Gasteiger partial charge in [-0.2, -0.15) is 4.98 Å². The minimum Gasteiger partial charge on any atom is -0.450 e. The highest BCUT2D eigenvalue weighted by Crippen LogP contribution is 2.25. The largest absolute Gasteiger partial charge is 0.450 e. The highest BCUT2D eigenvalue weighted by atomic mass is 32.1. The van der Waals surface area contributed by atoms with Gasteiger partial charge in [-0.15, -0.1) is 22.9 Å². The number of ether oxygens (including phenoxy) is 1. The van der Waals surface area contributed by atoms with Crippen LogP contribution in [-0.4, -0.2) is 39.8 Å². The molecule has 0 aliphatic carbocycles. The van der Waals surface area contributed by atoms with Crippen molar-refractivity contribution in [2.24, 2.45) is 0 Å². The molecule has 0 atom stereocenters. The first-order chi connectivity index (χ1) is 12.7. The van der Waals surface area contributed by atoms with Crippen LogP contribution in [0.5, 0.6) is 0 Å². The van der Waals surface area contributed by atoms with E-state index in [1.54, 1.807) is 4.68 Å². The minimum absolute atomic E-state index is 0.0692. The standard InChI is InChI=1S/C18H14N4O3S/c1-2-10-19-15(23)12-25-18(24)16-20-17(14-9-6-11-26-14)22(21-16)13-7-4-3-5-8-13/h1,3-9,11H,10,12H2,(H,19,23). The highest BCUT2D eigenvalue weighted by molar-refractivity contribution is 7.13. The Morgan fingerprint density at radius 3 is 2.73 bits per heavy atom. The summed E-state index contributed by atoms with van der Waals surface area (Å²) in [5.74, 6) is 1.39. The quantitative estimate of drug-likeness (QED) is 0.532. The molecule has 0 aliphatic heterocycles. The lowest BCUT2D eigenvalue weighted by Gasteiger charge is -2.03. The van der Waals surface area contributed by atoms with Gasteiger partial charge < -0.3 is 10.1 Å². The fraction of sp³-hybridized carbons (Fsp3) is 0.111. The van der Waals surface area contributed by atoms with Crippen LogP contribution in [0.4, 0.5) is 0 Å². The summed E-state index contributed by atoms with van der Waals surface area (Å²) < 4.78 is 6.52. The molecular formula is C18H14N4O3S. The normalized spacial score (nSPS) is 10.1. The second-order valence-corrected chi connectivity index (χ2v) is 5.99. The van der Waals surface area contributed by atoms with Crippen LogP contribution in [0.3, 0.4) is 0 Å². The third-order valence-electron chi connectivity index (χ3n) is 3.25. The van der Waals surface area contributed by atoms with Crippen molar-refractivity contribution in [2.45, 2.75) is 0 Å². The van der Waals surface area contributed by atoms with Gasteiger partial charge in [0.1, 0.15) is 0 Å². The van der Waals surface area contributed by atoms with Gasteiger partial charge in [0.15, 0.2) is 12.4 Å². The van der Waals surface area contributed by atoms with Crippen molar-refractivity contribution in [3.8, 4) is 28.7 Å². The summed E-state index contributed by atoms with van der Waals surface area (Å²) in [4.78, 5) is 28.8. The van der Waals surface area contributed by atoms with E-state index in [4.69, 9.17) is 11.2 Å². The molecule has 2 heterocycles. The topological polar surface area (TPSA) is 86.1 Å². The van der Waals surface area contributed by atoms with Gasteiger partial charge in [0.2, 0.25) is 0 Å². The molecule has 0 saturated carbocycles. The average Bonchev–Trinajstić information content (AvgIpc) is 3.34. The van der Waals surface area contributed by atoms with Gasteiger partial charge in [0.05, 0.1) is 17.1 Å². The van der Waals surface area contributed by atoms with E-state index in [0.29, 0.717) is 5.82 Å². The third-order valence-corrected chi connectivity index (χ3v) is 4.12. The Hall–Kier alpha value is -3.44. The van der Waals surface area contributed by atoms with E-state index >= 15 is 0 Å². The first-order valence-corrected chi connectivity index (χ1v) is 8.50. The Bertz CT molecular complexity index is 943. The third kappa shape index (κ3) is 3.96. The number of esters is 1. The van der Waals surface area contributed by atoms with Gasteiger partial charge in [0.25, 0.3) is 11.7 Å². The number of aromatic nitrogens is 3. The number of nitrogens with one attached hydrogen (secondary N) is 1. The van der Waals surface area contributed by atoms with E-state index in [2.05, 4.69) is 21.3 Å². The maximum Gasteiger partial charge on any atom is 0.378 e. The molecule has 3 rings (SSSR count). The van der Waals surface area contributed by atoms with Crippen molar-refractivity contribution in [3.05, 3.63) is 53.7 Å². The molecule has 0 spiro atoms. The van der Waals surface area contributed by atoms with E-state index in [1.807, 2.05) is 47.8 Å². The maximum atomic E-state index is 12.2. The molecular weight excluding hydrogens is 352 g/mol. The SMILES string of the molecule is C#CCNC(=O)COC(=O)c1nc(-c2cccs2)n(-c2ccccc2)n1. The lowest BCUT2D eigenvalue weighted by molar-refractivity contribution is -0.123. The van der Waals surface area contributed by atoms with E-state index in [9.17, 15) is 9.59 Å². The van der Waals surface area contributed by atoms with Gasteiger partial charge in [0, 0.05) is 0 Å². The van der Waals surface area contributed by atoms with Crippen LogP contribution >= 0.6 is 11.3 Å². The molecule has 1 amide bonds. The predicted octanol–water partition coefficient (Wildman–Crippen LogP) is 1.90. The van der Waals surface area contributed by atoms with Crippen LogP contribution < -0.4 is 5.32 Å². The van der Waals surface area contributed by atoms with E-state index in [1.165, 1.54) is 11.3 Å². The molecule has 3 aromatic rings. The van der Waals surface area contributed by atoms with Gasteiger partial charge in [-0.3, -0.25) is 4.79 Å². The number of nitrogens with zero attached hydrogens (tertiary/aromatic N) is 3. The van der Waals surface area contributed by atoms with E-state index < -0.39 is 18.5 Å². The molecule has 7 nitrogen and oxygen atoms in total. The zero-order valence-corrected chi connectivity index (χ0v) is 14.4. The number of carbonyl (C=O) groups is 2. The van der Waals surface area contributed by atoms with Gasteiger partial charge in [-0.05, 0) is 23.6 Å². The monoisotopic (exact) mass is 366 g/mol. The second-order valence-electron chi connectivity index (χ2n) is 5.04. The Kier molecular flexibility index (Phi) is 5.41. The zero-order chi connectivity index (χ0) is 18.4. The van der Waals surface area contributed by atoms with Crippen molar-refractivity contribution in [2.75, 3.05) is 13.2 Å². The summed E-state index contributed by atoms with van der Waals surface area (Å²) in [6.45, 7) is -0.380. The van der Waals surface area contributed by atoms with Crippen LogP contribution in [0, 0.1) is 12.3 Å². The maximum absolute atomic E-state index is 12.2. The molecule has 1 N–H and O–H groups in total. The number of hydrogen-bond acceptors (Lipinski definition) is 6. The fourth-order valence-electron chi connectivity index (χ4n) is 2.11. The van der Waals surface area contributed by atoms with Gasteiger partial charge in [-0.1, -0.05) is 30.2 Å². The highest BCUT2D eigenvalue weighted by Gasteiger charge is 2.21. The summed E-state index contributed by atoms with van der Waals surface area (Å²) in [6, 6.07) is 13.1. The van der Waals surface area contributed by atoms with Gasteiger partial charge in [-0.25, -0.2) is 9.48 Å². The van der Waals surface area contributed by atoms with Crippen LogP contribution in [-0.2, 0) is 9.53 Å². The van der Waals surface area contributed by atoms with Crippen LogP contribution in [0.1, 0.15) is 10.6 Å². The minimum atomic E-state index is -0.784. The molecule has 0 unspecified atom stereocenters. The number of rotatable bonds is 6. The molecule has 26 heavy (non-hydrogen) atoms. The number of carbonyl (C=O) groups excluding carboxylic acids is 2. The zero-order valence-electron chi connectivity index (χ0n) is 13.6. The Balaban J connectivity index is 1.84. The summed E-state index contributed by atoms with van der Waals surface area (Å²) in [6.07, 6.45) is 5.05.